The molecule has 24 heavy (non-hydrogen) atoms. The SMILES string of the molecule is COc1ccc(-c2nc3cnccn3c2NCc2ccco2)cc1. The number of methoxy groups -OCH3 is 1. The highest BCUT2D eigenvalue weighted by molar-refractivity contribution is 5.76. The molecule has 4 aromatic rings. The Bertz CT molecular complexity index is 943. The average molecular weight is 320 g/mol. The van der Waals surface area contributed by atoms with Gasteiger partial charge in [0.05, 0.1) is 26.1 Å². The number of aromatic nitrogens is 3. The molecule has 6 nitrogen and oxygen atoms in total. The van der Waals surface area contributed by atoms with Gasteiger partial charge in [-0.25, -0.2) is 4.98 Å². The van der Waals surface area contributed by atoms with E-state index in [0.717, 1.165) is 34.2 Å². The van der Waals surface area contributed by atoms with Gasteiger partial charge in [0.1, 0.15) is 23.0 Å². The lowest BCUT2D eigenvalue weighted by molar-refractivity contribution is 0.415. The lowest BCUT2D eigenvalue weighted by Gasteiger charge is -2.08. The smallest absolute Gasteiger partial charge is 0.157 e. The van der Waals surface area contributed by atoms with Crippen LogP contribution in [0.1, 0.15) is 5.76 Å². The van der Waals surface area contributed by atoms with Gasteiger partial charge in [0.15, 0.2) is 5.65 Å². The molecule has 3 aromatic heterocycles. The standard InChI is InChI=1S/C18H16N4O2/c1-23-14-6-4-13(5-7-14)17-18(20-11-15-3-2-10-24-15)22-9-8-19-12-16(22)21-17/h2-10,12,20H,11H2,1H3. The van der Waals surface area contributed by atoms with Crippen molar-refractivity contribution in [3.63, 3.8) is 0 Å². The van der Waals surface area contributed by atoms with E-state index >= 15 is 0 Å². The third kappa shape index (κ3) is 2.58. The van der Waals surface area contributed by atoms with E-state index in [0.29, 0.717) is 6.54 Å². The molecule has 1 aromatic carbocycles. The molecule has 120 valence electrons. The van der Waals surface area contributed by atoms with Crippen LogP contribution in [0.15, 0.2) is 65.7 Å². The van der Waals surface area contributed by atoms with Crippen molar-refractivity contribution in [2.45, 2.75) is 6.54 Å². The minimum Gasteiger partial charge on any atom is -0.497 e. The van der Waals surface area contributed by atoms with E-state index in [2.05, 4.69) is 10.3 Å². The Kier molecular flexibility index (Phi) is 3.63. The van der Waals surface area contributed by atoms with Crippen LogP contribution in [0.3, 0.4) is 0 Å². The highest BCUT2D eigenvalue weighted by Crippen LogP contribution is 2.30. The minimum absolute atomic E-state index is 0.576. The zero-order valence-electron chi connectivity index (χ0n) is 13.1. The number of furan rings is 1. The fourth-order valence-electron chi connectivity index (χ4n) is 2.61. The zero-order valence-corrected chi connectivity index (χ0v) is 13.1. The Morgan fingerprint density at radius 2 is 2.08 bits per heavy atom. The number of ether oxygens (including phenoxy) is 1. The van der Waals surface area contributed by atoms with E-state index in [1.54, 1.807) is 25.8 Å². The van der Waals surface area contributed by atoms with Gasteiger partial charge in [-0.2, -0.15) is 0 Å². The van der Waals surface area contributed by atoms with Crippen LogP contribution in [-0.2, 0) is 6.54 Å². The first-order valence-electron chi connectivity index (χ1n) is 7.58. The second-order valence-electron chi connectivity index (χ2n) is 5.27. The number of imidazole rings is 1. The third-order valence-corrected chi connectivity index (χ3v) is 3.80. The number of benzene rings is 1. The maximum atomic E-state index is 5.40. The van der Waals surface area contributed by atoms with Crippen molar-refractivity contribution in [2.75, 3.05) is 12.4 Å². The van der Waals surface area contributed by atoms with E-state index in [4.69, 9.17) is 14.1 Å². The molecule has 0 spiro atoms. The maximum Gasteiger partial charge on any atom is 0.157 e. The Hall–Kier alpha value is -3.28. The molecule has 0 aliphatic carbocycles. The number of anilines is 1. The monoisotopic (exact) mass is 320 g/mol. The summed E-state index contributed by atoms with van der Waals surface area (Å²) in [7, 11) is 1.65. The number of nitrogens with zero attached hydrogens (tertiary/aromatic N) is 3. The van der Waals surface area contributed by atoms with Gasteiger partial charge in [0.25, 0.3) is 0 Å². The summed E-state index contributed by atoms with van der Waals surface area (Å²) in [5.41, 5.74) is 2.64. The summed E-state index contributed by atoms with van der Waals surface area (Å²) >= 11 is 0. The summed E-state index contributed by atoms with van der Waals surface area (Å²) in [6, 6.07) is 11.6. The van der Waals surface area contributed by atoms with Crippen LogP contribution < -0.4 is 10.1 Å². The normalized spacial score (nSPS) is 10.9. The van der Waals surface area contributed by atoms with Crippen LogP contribution in [-0.4, -0.2) is 21.5 Å². The number of rotatable bonds is 5. The fraction of sp³-hybridized carbons (Fsp3) is 0.111. The molecule has 0 bridgehead atoms. The van der Waals surface area contributed by atoms with E-state index in [1.807, 2.05) is 47.0 Å². The van der Waals surface area contributed by atoms with Crippen LogP contribution in [0.2, 0.25) is 0 Å². The third-order valence-electron chi connectivity index (χ3n) is 3.80. The van der Waals surface area contributed by atoms with Crippen molar-refractivity contribution < 1.29 is 9.15 Å². The van der Waals surface area contributed by atoms with Crippen LogP contribution in [0.25, 0.3) is 16.9 Å². The minimum atomic E-state index is 0.576. The molecule has 1 N–H and O–H groups in total. The van der Waals surface area contributed by atoms with Crippen molar-refractivity contribution in [1.29, 1.82) is 0 Å². The molecule has 0 saturated carbocycles. The lowest BCUT2D eigenvalue weighted by Crippen LogP contribution is -2.02. The summed E-state index contributed by atoms with van der Waals surface area (Å²) in [6.07, 6.45) is 7.04. The first-order valence-corrected chi connectivity index (χ1v) is 7.58. The molecule has 0 aliphatic heterocycles. The van der Waals surface area contributed by atoms with Crippen molar-refractivity contribution in [1.82, 2.24) is 14.4 Å². The summed E-state index contributed by atoms with van der Waals surface area (Å²) in [5.74, 6) is 2.57. The molecule has 6 heteroatoms. The summed E-state index contributed by atoms with van der Waals surface area (Å²) in [4.78, 5) is 8.85. The summed E-state index contributed by atoms with van der Waals surface area (Å²) in [6.45, 7) is 0.576. The molecule has 0 unspecified atom stereocenters. The highest BCUT2D eigenvalue weighted by Gasteiger charge is 2.14. The van der Waals surface area contributed by atoms with Crippen molar-refractivity contribution >= 4 is 11.5 Å². The second kappa shape index (κ2) is 6.08. The van der Waals surface area contributed by atoms with Crippen molar-refractivity contribution in [2.24, 2.45) is 0 Å². The predicted molar refractivity (Wildman–Crippen MR) is 91.0 cm³/mol. The van der Waals surface area contributed by atoms with Gasteiger partial charge in [0, 0.05) is 18.0 Å². The van der Waals surface area contributed by atoms with Gasteiger partial charge in [-0.05, 0) is 36.4 Å². The molecule has 4 rings (SSSR count). The number of hydrogen-bond acceptors (Lipinski definition) is 5. The van der Waals surface area contributed by atoms with Gasteiger partial charge in [0.2, 0.25) is 0 Å². The zero-order chi connectivity index (χ0) is 16.4. The molecule has 0 amide bonds. The van der Waals surface area contributed by atoms with Crippen LogP contribution in [0.5, 0.6) is 5.75 Å². The van der Waals surface area contributed by atoms with Crippen molar-refractivity contribution in [3.05, 3.63) is 67.0 Å². The summed E-state index contributed by atoms with van der Waals surface area (Å²) < 4.78 is 12.6. The van der Waals surface area contributed by atoms with E-state index in [-0.39, 0.29) is 0 Å². The van der Waals surface area contributed by atoms with Crippen LogP contribution >= 0.6 is 0 Å². The molecule has 0 radical (unpaired) electrons. The first kappa shape index (κ1) is 14.3. The molecule has 0 atom stereocenters. The Morgan fingerprint density at radius 1 is 1.21 bits per heavy atom. The van der Waals surface area contributed by atoms with Gasteiger partial charge in [-0.15, -0.1) is 0 Å². The lowest BCUT2D eigenvalue weighted by atomic mass is 10.1. The molecular weight excluding hydrogens is 304 g/mol. The first-order chi connectivity index (χ1) is 11.8. The molecule has 0 saturated heterocycles. The van der Waals surface area contributed by atoms with E-state index in [9.17, 15) is 0 Å². The molecule has 0 aliphatic rings. The van der Waals surface area contributed by atoms with Crippen molar-refractivity contribution in [3.8, 4) is 17.0 Å². The average Bonchev–Trinajstić information content (AvgIpc) is 3.27. The Labute approximate surface area is 138 Å². The van der Waals surface area contributed by atoms with E-state index in [1.165, 1.54) is 0 Å². The maximum absolute atomic E-state index is 5.40. The van der Waals surface area contributed by atoms with Gasteiger partial charge in [-0.3, -0.25) is 9.38 Å². The summed E-state index contributed by atoms with van der Waals surface area (Å²) in [5, 5.41) is 3.41. The second-order valence-corrected chi connectivity index (χ2v) is 5.27. The number of fused-ring (bicyclic) bond motifs is 1. The quantitative estimate of drug-likeness (QED) is 0.608. The predicted octanol–water partition coefficient (Wildman–Crippen LogP) is 3.61. The van der Waals surface area contributed by atoms with Crippen LogP contribution in [0.4, 0.5) is 5.82 Å². The van der Waals surface area contributed by atoms with Crippen LogP contribution in [0, 0.1) is 0 Å². The highest BCUT2D eigenvalue weighted by atomic mass is 16.5. The Morgan fingerprint density at radius 3 is 2.83 bits per heavy atom. The van der Waals surface area contributed by atoms with Gasteiger partial charge in [-0.1, -0.05) is 0 Å². The topological polar surface area (TPSA) is 64.6 Å². The van der Waals surface area contributed by atoms with E-state index < -0.39 is 0 Å². The Balaban J connectivity index is 1.76. The largest absolute Gasteiger partial charge is 0.497 e. The number of hydrogen-bond donors (Lipinski definition) is 1. The molecule has 3 heterocycles. The molecular formula is C18H16N4O2. The fourth-order valence-corrected chi connectivity index (χ4v) is 2.61. The molecule has 0 fully saturated rings. The number of nitrogens with one attached hydrogen (secondary N) is 1. The van der Waals surface area contributed by atoms with Gasteiger partial charge >= 0.3 is 0 Å². The van der Waals surface area contributed by atoms with Gasteiger partial charge < -0.3 is 14.5 Å².